The summed E-state index contributed by atoms with van der Waals surface area (Å²) in [6, 6.07) is 9.22. The van der Waals surface area contributed by atoms with E-state index in [0.29, 0.717) is 0 Å². The lowest BCUT2D eigenvalue weighted by molar-refractivity contribution is -0.123. The first kappa shape index (κ1) is 17.1. The Hall–Kier alpha value is -2.21. The van der Waals surface area contributed by atoms with Crippen LogP contribution in [0, 0.1) is 5.82 Å². The van der Waals surface area contributed by atoms with E-state index >= 15 is 0 Å². The molecule has 4 nitrogen and oxygen atoms in total. The van der Waals surface area contributed by atoms with E-state index in [0.717, 1.165) is 10.4 Å². The molecule has 0 radical (unpaired) electrons. The van der Waals surface area contributed by atoms with Crippen LogP contribution in [0.4, 0.5) is 4.39 Å². The first-order valence-electron chi connectivity index (χ1n) is 7.31. The lowest BCUT2D eigenvalue weighted by Crippen LogP contribution is -2.33. The minimum absolute atomic E-state index is 0.158. The summed E-state index contributed by atoms with van der Waals surface area (Å²) in [5.74, 6) is -0.660. The maximum absolute atomic E-state index is 12.9. The molecule has 2 amide bonds. The number of carbonyl (C=O) groups is 2. The molecule has 122 valence electrons. The van der Waals surface area contributed by atoms with Gasteiger partial charge in [-0.25, -0.2) is 4.39 Å². The summed E-state index contributed by atoms with van der Waals surface area (Å²) in [5, 5.41) is 7.57. The van der Waals surface area contributed by atoms with Crippen LogP contribution in [0.2, 0.25) is 0 Å². The van der Waals surface area contributed by atoms with Crippen molar-refractivity contribution in [2.75, 3.05) is 0 Å². The van der Waals surface area contributed by atoms with Gasteiger partial charge in [-0.15, -0.1) is 11.3 Å². The SMILES string of the molecule is CC(=O)N[C@@H](CC(=O)N[C@@H](C)c1ccc(F)cc1)c1cccs1. The van der Waals surface area contributed by atoms with Crippen LogP contribution in [-0.2, 0) is 9.59 Å². The molecule has 2 rings (SSSR count). The van der Waals surface area contributed by atoms with Crippen LogP contribution in [0.15, 0.2) is 41.8 Å². The summed E-state index contributed by atoms with van der Waals surface area (Å²) >= 11 is 1.50. The van der Waals surface area contributed by atoms with Crippen molar-refractivity contribution < 1.29 is 14.0 Å². The van der Waals surface area contributed by atoms with Gasteiger partial charge in [0.25, 0.3) is 0 Å². The van der Waals surface area contributed by atoms with Gasteiger partial charge in [-0.1, -0.05) is 18.2 Å². The highest BCUT2D eigenvalue weighted by molar-refractivity contribution is 7.10. The summed E-state index contributed by atoms with van der Waals surface area (Å²) in [4.78, 5) is 24.5. The molecular weight excluding hydrogens is 315 g/mol. The number of nitrogens with one attached hydrogen (secondary N) is 2. The maximum atomic E-state index is 12.9. The predicted octanol–water partition coefficient (Wildman–Crippen LogP) is 3.33. The Balaban J connectivity index is 1.98. The third-order valence-electron chi connectivity index (χ3n) is 3.40. The molecule has 0 spiro atoms. The van der Waals surface area contributed by atoms with Gasteiger partial charge in [-0.05, 0) is 36.1 Å². The summed E-state index contributed by atoms with van der Waals surface area (Å²) in [5.41, 5.74) is 0.826. The normalized spacial score (nSPS) is 13.2. The highest BCUT2D eigenvalue weighted by Crippen LogP contribution is 2.22. The molecule has 1 aromatic carbocycles. The summed E-state index contributed by atoms with van der Waals surface area (Å²) < 4.78 is 12.9. The minimum Gasteiger partial charge on any atom is -0.350 e. The highest BCUT2D eigenvalue weighted by Gasteiger charge is 2.19. The van der Waals surface area contributed by atoms with E-state index in [1.165, 1.54) is 30.4 Å². The van der Waals surface area contributed by atoms with Crippen molar-refractivity contribution in [2.24, 2.45) is 0 Å². The second-order valence-electron chi connectivity index (χ2n) is 5.31. The largest absolute Gasteiger partial charge is 0.350 e. The Bertz CT molecular complexity index is 656. The maximum Gasteiger partial charge on any atom is 0.222 e. The predicted molar refractivity (Wildman–Crippen MR) is 88.5 cm³/mol. The van der Waals surface area contributed by atoms with Gasteiger partial charge in [-0.3, -0.25) is 9.59 Å². The van der Waals surface area contributed by atoms with Crippen LogP contribution in [0.5, 0.6) is 0 Å². The fourth-order valence-electron chi connectivity index (χ4n) is 2.28. The average Bonchev–Trinajstić information content (AvgIpc) is 3.00. The van der Waals surface area contributed by atoms with Gasteiger partial charge in [0.15, 0.2) is 0 Å². The number of rotatable bonds is 6. The lowest BCUT2D eigenvalue weighted by Gasteiger charge is -2.19. The summed E-state index contributed by atoms with van der Waals surface area (Å²) in [7, 11) is 0. The molecule has 0 saturated heterocycles. The van der Waals surface area contributed by atoms with E-state index in [2.05, 4.69) is 10.6 Å². The number of halogens is 1. The van der Waals surface area contributed by atoms with Crippen LogP contribution in [-0.4, -0.2) is 11.8 Å². The van der Waals surface area contributed by atoms with Crippen molar-refractivity contribution >= 4 is 23.2 Å². The molecule has 1 aromatic heterocycles. The second kappa shape index (κ2) is 7.87. The van der Waals surface area contributed by atoms with E-state index in [1.807, 2.05) is 24.4 Å². The smallest absolute Gasteiger partial charge is 0.222 e. The van der Waals surface area contributed by atoms with Crippen LogP contribution >= 0.6 is 11.3 Å². The summed E-state index contributed by atoms with van der Waals surface area (Å²) in [6.45, 7) is 3.27. The third kappa shape index (κ3) is 5.17. The molecule has 1 heterocycles. The van der Waals surface area contributed by atoms with Gasteiger partial charge in [0.2, 0.25) is 11.8 Å². The fourth-order valence-corrected chi connectivity index (χ4v) is 3.06. The van der Waals surface area contributed by atoms with Crippen molar-refractivity contribution in [2.45, 2.75) is 32.4 Å². The summed E-state index contributed by atoms with van der Waals surface area (Å²) in [6.07, 6.45) is 0.158. The van der Waals surface area contributed by atoms with Crippen molar-refractivity contribution in [1.82, 2.24) is 10.6 Å². The van der Waals surface area contributed by atoms with Crippen molar-refractivity contribution in [3.05, 3.63) is 58.0 Å². The van der Waals surface area contributed by atoms with Gasteiger partial charge < -0.3 is 10.6 Å². The van der Waals surface area contributed by atoms with Crippen LogP contribution in [0.25, 0.3) is 0 Å². The van der Waals surface area contributed by atoms with Gasteiger partial charge in [-0.2, -0.15) is 0 Å². The topological polar surface area (TPSA) is 58.2 Å². The number of carbonyl (C=O) groups excluding carboxylic acids is 2. The molecule has 0 fully saturated rings. The zero-order valence-corrected chi connectivity index (χ0v) is 13.8. The molecule has 0 aliphatic carbocycles. The fraction of sp³-hybridized carbons (Fsp3) is 0.294. The number of hydrogen-bond acceptors (Lipinski definition) is 3. The molecular formula is C17H19FN2O2S. The van der Waals surface area contributed by atoms with E-state index in [9.17, 15) is 14.0 Å². The average molecular weight is 334 g/mol. The zero-order valence-electron chi connectivity index (χ0n) is 13.0. The van der Waals surface area contributed by atoms with Crippen molar-refractivity contribution in [3.63, 3.8) is 0 Å². The standard InChI is InChI=1S/C17H19FN2O2S/c1-11(13-5-7-14(18)8-6-13)19-17(22)10-15(20-12(2)21)16-4-3-9-23-16/h3-9,11,15H,10H2,1-2H3,(H,19,22)(H,20,21)/t11-,15-/m0/s1. The number of amides is 2. The molecule has 6 heteroatoms. The van der Waals surface area contributed by atoms with Gasteiger partial charge in [0.1, 0.15) is 5.82 Å². The zero-order chi connectivity index (χ0) is 16.8. The van der Waals surface area contributed by atoms with E-state index in [-0.39, 0.29) is 36.1 Å². The molecule has 0 saturated carbocycles. The van der Waals surface area contributed by atoms with Gasteiger partial charge in [0, 0.05) is 11.8 Å². The van der Waals surface area contributed by atoms with Crippen molar-refractivity contribution in [1.29, 1.82) is 0 Å². The lowest BCUT2D eigenvalue weighted by atomic mass is 10.1. The highest BCUT2D eigenvalue weighted by atomic mass is 32.1. The molecule has 2 aromatic rings. The molecule has 0 aliphatic rings. The quantitative estimate of drug-likeness (QED) is 0.851. The molecule has 0 aliphatic heterocycles. The molecule has 0 unspecified atom stereocenters. The third-order valence-corrected chi connectivity index (χ3v) is 4.39. The first-order chi connectivity index (χ1) is 11.0. The molecule has 2 N–H and O–H groups in total. The first-order valence-corrected chi connectivity index (χ1v) is 8.19. The van der Waals surface area contributed by atoms with E-state index in [4.69, 9.17) is 0 Å². The van der Waals surface area contributed by atoms with Crippen LogP contribution in [0.3, 0.4) is 0 Å². The Labute approximate surface area is 138 Å². The van der Waals surface area contributed by atoms with E-state index < -0.39 is 0 Å². The van der Waals surface area contributed by atoms with Gasteiger partial charge >= 0.3 is 0 Å². The van der Waals surface area contributed by atoms with Crippen LogP contribution < -0.4 is 10.6 Å². The molecule has 0 bridgehead atoms. The Morgan fingerprint density at radius 3 is 2.43 bits per heavy atom. The van der Waals surface area contributed by atoms with E-state index in [1.54, 1.807) is 12.1 Å². The van der Waals surface area contributed by atoms with Gasteiger partial charge in [0.05, 0.1) is 18.5 Å². The molecule has 2 atom stereocenters. The Morgan fingerprint density at radius 1 is 1.17 bits per heavy atom. The monoisotopic (exact) mass is 334 g/mol. The number of thiophene rings is 1. The number of hydrogen-bond donors (Lipinski definition) is 2. The molecule has 23 heavy (non-hydrogen) atoms. The second-order valence-corrected chi connectivity index (χ2v) is 6.29. The van der Waals surface area contributed by atoms with Crippen LogP contribution in [0.1, 0.15) is 42.8 Å². The Kier molecular flexibility index (Phi) is 5.87. The minimum atomic E-state index is -0.340. The number of benzene rings is 1. The van der Waals surface area contributed by atoms with Crippen molar-refractivity contribution in [3.8, 4) is 0 Å². The Morgan fingerprint density at radius 2 is 1.87 bits per heavy atom.